The minimum Gasteiger partial charge on any atom is -0.330 e. The van der Waals surface area contributed by atoms with Gasteiger partial charge < -0.3 is 15.6 Å². The topological polar surface area (TPSA) is 99.8 Å². The molecule has 1 aliphatic carbocycles. The highest BCUT2D eigenvalue weighted by molar-refractivity contribution is 7.09. The van der Waals surface area contributed by atoms with E-state index in [1.807, 2.05) is 12.3 Å². The molecule has 0 aliphatic heterocycles. The molecule has 3 aromatic rings. The fourth-order valence-corrected chi connectivity index (χ4v) is 3.69. The molecule has 2 amide bonds. The van der Waals surface area contributed by atoms with Crippen molar-refractivity contribution in [3.05, 3.63) is 51.0 Å². The molecule has 1 unspecified atom stereocenters. The lowest BCUT2D eigenvalue weighted by Gasteiger charge is -2.13. The lowest BCUT2D eigenvalue weighted by Crippen LogP contribution is -2.31. The van der Waals surface area contributed by atoms with E-state index < -0.39 is 0 Å². The van der Waals surface area contributed by atoms with E-state index >= 15 is 0 Å². The number of urea groups is 1. The molecule has 3 N–H and O–H groups in total. The number of carbonyl (C=O) groups excluding carboxylic acids is 1. The lowest BCUT2D eigenvalue weighted by atomic mass is 10.2. The van der Waals surface area contributed by atoms with Crippen LogP contribution >= 0.6 is 11.3 Å². The number of aromatic amines is 1. The SMILES string of the molecule is CC(NC(=O)Nc1ccc2nc[nH]c(=O)c2c1)c1csc(C2CC2)n1. The van der Waals surface area contributed by atoms with Gasteiger partial charge in [-0.25, -0.2) is 14.8 Å². The fraction of sp³-hybridized carbons (Fsp3) is 0.294. The smallest absolute Gasteiger partial charge is 0.319 e. The van der Waals surface area contributed by atoms with Gasteiger partial charge in [-0.1, -0.05) is 0 Å². The van der Waals surface area contributed by atoms with Crippen LogP contribution in [-0.4, -0.2) is 21.0 Å². The van der Waals surface area contributed by atoms with E-state index in [1.165, 1.54) is 19.2 Å². The minimum absolute atomic E-state index is 0.186. The van der Waals surface area contributed by atoms with Gasteiger partial charge in [0.1, 0.15) is 0 Å². The van der Waals surface area contributed by atoms with Gasteiger partial charge in [0.05, 0.1) is 34.0 Å². The number of H-pyrrole nitrogens is 1. The zero-order valence-electron chi connectivity index (χ0n) is 13.6. The Morgan fingerprint density at radius 2 is 2.24 bits per heavy atom. The maximum atomic E-state index is 12.2. The molecule has 4 rings (SSSR count). The molecule has 7 nitrogen and oxygen atoms in total. The number of anilines is 1. The third-order valence-corrected chi connectivity index (χ3v) is 5.18. The molecule has 0 spiro atoms. The maximum absolute atomic E-state index is 12.2. The maximum Gasteiger partial charge on any atom is 0.319 e. The van der Waals surface area contributed by atoms with E-state index in [-0.39, 0.29) is 17.6 Å². The Morgan fingerprint density at radius 1 is 1.40 bits per heavy atom. The van der Waals surface area contributed by atoms with Crippen LogP contribution in [0.15, 0.2) is 34.7 Å². The van der Waals surface area contributed by atoms with Crippen molar-refractivity contribution in [2.75, 3.05) is 5.32 Å². The van der Waals surface area contributed by atoms with E-state index in [9.17, 15) is 9.59 Å². The molecule has 1 aromatic carbocycles. The summed E-state index contributed by atoms with van der Waals surface area (Å²) in [6.07, 6.45) is 3.78. The van der Waals surface area contributed by atoms with Crippen LogP contribution < -0.4 is 16.2 Å². The van der Waals surface area contributed by atoms with Crippen molar-refractivity contribution < 1.29 is 4.79 Å². The van der Waals surface area contributed by atoms with Gasteiger partial charge in [0.2, 0.25) is 0 Å². The number of benzene rings is 1. The number of carbonyl (C=O) groups is 1. The molecule has 0 bridgehead atoms. The minimum atomic E-state index is -0.340. The van der Waals surface area contributed by atoms with Crippen LogP contribution in [0.2, 0.25) is 0 Å². The summed E-state index contributed by atoms with van der Waals surface area (Å²) in [4.78, 5) is 35.2. The summed E-state index contributed by atoms with van der Waals surface area (Å²) in [7, 11) is 0. The van der Waals surface area contributed by atoms with Crippen molar-refractivity contribution in [2.45, 2.75) is 31.7 Å². The highest BCUT2D eigenvalue weighted by atomic mass is 32.1. The number of nitrogens with one attached hydrogen (secondary N) is 3. The molecule has 1 aliphatic rings. The van der Waals surface area contributed by atoms with E-state index in [0.717, 1.165) is 10.7 Å². The van der Waals surface area contributed by atoms with Crippen LogP contribution in [0.3, 0.4) is 0 Å². The Balaban J connectivity index is 1.44. The average molecular weight is 355 g/mol. The summed E-state index contributed by atoms with van der Waals surface area (Å²) in [6.45, 7) is 1.90. The fourth-order valence-electron chi connectivity index (χ4n) is 2.60. The monoisotopic (exact) mass is 355 g/mol. The van der Waals surface area contributed by atoms with Crippen molar-refractivity contribution in [1.29, 1.82) is 0 Å². The van der Waals surface area contributed by atoms with Crippen LogP contribution in [0.1, 0.15) is 42.4 Å². The van der Waals surface area contributed by atoms with E-state index in [2.05, 4.69) is 25.6 Å². The molecule has 1 saturated carbocycles. The van der Waals surface area contributed by atoms with Gasteiger partial charge >= 0.3 is 6.03 Å². The van der Waals surface area contributed by atoms with Crippen molar-refractivity contribution >= 4 is 34.0 Å². The number of thiazole rings is 1. The molecule has 0 saturated heterocycles. The molecule has 1 atom stereocenters. The normalized spacial score (nSPS) is 15.1. The summed E-state index contributed by atoms with van der Waals surface area (Å²) in [6, 6.07) is 4.50. The van der Waals surface area contributed by atoms with Crippen LogP contribution in [0, 0.1) is 0 Å². The number of aromatic nitrogens is 3. The first-order valence-electron chi connectivity index (χ1n) is 8.10. The first-order valence-corrected chi connectivity index (χ1v) is 8.98. The number of amides is 2. The standard InChI is InChI=1S/C17H17N5O2S/c1-9(14-7-25-16(22-14)10-2-3-10)20-17(24)21-11-4-5-13-12(6-11)15(23)19-8-18-13/h4-10H,2-3H2,1H3,(H,18,19,23)(H2,20,21,24). The number of rotatable bonds is 4. The van der Waals surface area contributed by atoms with Gasteiger partial charge in [0.15, 0.2) is 0 Å². The second kappa shape index (κ2) is 6.29. The third kappa shape index (κ3) is 3.39. The molecular formula is C17H17N5O2S. The Morgan fingerprint density at radius 3 is 3.04 bits per heavy atom. The number of fused-ring (bicyclic) bond motifs is 1. The number of hydrogen-bond acceptors (Lipinski definition) is 5. The second-order valence-corrected chi connectivity index (χ2v) is 7.06. The second-order valence-electron chi connectivity index (χ2n) is 6.17. The molecular weight excluding hydrogens is 338 g/mol. The Hall–Kier alpha value is -2.74. The molecule has 8 heteroatoms. The zero-order valence-corrected chi connectivity index (χ0v) is 14.4. The number of nitrogens with zero attached hydrogens (tertiary/aromatic N) is 2. The average Bonchev–Trinajstić information content (AvgIpc) is 3.32. The summed E-state index contributed by atoms with van der Waals surface area (Å²) >= 11 is 1.65. The van der Waals surface area contributed by atoms with Crippen LogP contribution in [0.5, 0.6) is 0 Å². The van der Waals surface area contributed by atoms with Crippen molar-refractivity contribution in [3.63, 3.8) is 0 Å². The summed E-state index contributed by atoms with van der Waals surface area (Å²) in [5.41, 5.74) is 1.75. The van der Waals surface area contributed by atoms with Crippen LogP contribution in [0.4, 0.5) is 10.5 Å². The van der Waals surface area contributed by atoms with Crippen LogP contribution in [0.25, 0.3) is 10.9 Å². The van der Waals surface area contributed by atoms with Crippen molar-refractivity contribution in [1.82, 2.24) is 20.3 Å². The highest BCUT2D eigenvalue weighted by Crippen LogP contribution is 2.41. The van der Waals surface area contributed by atoms with Gasteiger partial charge in [0.25, 0.3) is 5.56 Å². The molecule has 1 fully saturated rings. The van der Waals surface area contributed by atoms with Gasteiger partial charge in [-0.3, -0.25) is 4.79 Å². The molecule has 0 radical (unpaired) electrons. The third-order valence-electron chi connectivity index (χ3n) is 4.16. The summed E-state index contributed by atoms with van der Waals surface area (Å²) in [5, 5.41) is 9.21. The predicted octanol–water partition coefficient (Wildman–Crippen LogP) is 3.14. The van der Waals surface area contributed by atoms with Crippen molar-refractivity contribution in [3.8, 4) is 0 Å². The quantitative estimate of drug-likeness (QED) is 0.669. The first kappa shape index (κ1) is 15.8. The van der Waals surface area contributed by atoms with Gasteiger partial charge in [-0.15, -0.1) is 11.3 Å². The highest BCUT2D eigenvalue weighted by Gasteiger charge is 2.27. The Kier molecular flexibility index (Phi) is 3.96. The van der Waals surface area contributed by atoms with Gasteiger partial charge in [0, 0.05) is 17.0 Å². The Bertz CT molecular complexity index is 992. The van der Waals surface area contributed by atoms with Gasteiger partial charge in [-0.2, -0.15) is 0 Å². The molecule has 25 heavy (non-hydrogen) atoms. The van der Waals surface area contributed by atoms with Crippen LogP contribution in [-0.2, 0) is 0 Å². The summed E-state index contributed by atoms with van der Waals surface area (Å²) < 4.78 is 0. The van der Waals surface area contributed by atoms with E-state index in [4.69, 9.17) is 0 Å². The predicted molar refractivity (Wildman–Crippen MR) is 97.0 cm³/mol. The first-order chi connectivity index (χ1) is 12.1. The molecule has 128 valence electrons. The summed E-state index contributed by atoms with van der Waals surface area (Å²) in [5.74, 6) is 0.615. The molecule has 2 heterocycles. The largest absolute Gasteiger partial charge is 0.330 e. The molecule has 2 aromatic heterocycles. The van der Waals surface area contributed by atoms with E-state index in [0.29, 0.717) is 22.5 Å². The van der Waals surface area contributed by atoms with Crippen molar-refractivity contribution in [2.24, 2.45) is 0 Å². The Labute approximate surface area is 147 Å². The number of hydrogen-bond donors (Lipinski definition) is 3. The van der Waals surface area contributed by atoms with Gasteiger partial charge in [-0.05, 0) is 38.0 Å². The van der Waals surface area contributed by atoms with E-state index in [1.54, 1.807) is 29.5 Å². The zero-order chi connectivity index (χ0) is 17.4. The lowest BCUT2D eigenvalue weighted by molar-refractivity contribution is 0.249.